The van der Waals surface area contributed by atoms with Crippen molar-refractivity contribution in [3.8, 4) is 0 Å². The van der Waals surface area contributed by atoms with Crippen LogP contribution in [0.5, 0.6) is 0 Å². The van der Waals surface area contributed by atoms with E-state index in [0.717, 1.165) is 10.9 Å². The molecule has 0 aliphatic rings. The van der Waals surface area contributed by atoms with Crippen molar-refractivity contribution < 1.29 is 4.39 Å². The Balaban J connectivity index is 1.92. The van der Waals surface area contributed by atoms with E-state index in [9.17, 15) is 4.39 Å². The molecular weight excluding hydrogens is 341 g/mol. The molecule has 1 N–H and O–H groups in total. The van der Waals surface area contributed by atoms with Gasteiger partial charge >= 0.3 is 0 Å². The van der Waals surface area contributed by atoms with E-state index in [2.05, 4.69) is 40.3 Å². The normalized spacial score (nSPS) is 12.4. The summed E-state index contributed by atoms with van der Waals surface area (Å²) in [5.74, 6) is -0.263. The van der Waals surface area contributed by atoms with Crippen LogP contribution < -0.4 is 5.32 Å². The van der Waals surface area contributed by atoms with Gasteiger partial charge in [0.05, 0.1) is 0 Å². The molecule has 4 heteroatoms. The van der Waals surface area contributed by atoms with Gasteiger partial charge in [-0.15, -0.1) is 0 Å². The summed E-state index contributed by atoms with van der Waals surface area (Å²) in [4.78, 5) is 0. The van der Waals surface area contributed by atoms with Crippen LogP contribution >= 0.6 is 27.5 Å². The third kappa shape index (κ3) is 4.30. The van der Waals surface area contributed by atoms with Crippen molar-refractivity contribution >= 4 is 27.5 Å². The minimum atomic E-state index is -0.263. The van der Waals surface area contributed by atoms with E-state index in [1.54, 1.807) is 12.1 Å². The largest absolute Gasteiger partial charge is 0.310 e. The number of rotatable bonds is 5. The Morgan fingerprint density at radius 2 is 1.90 bits per heavy atom. The average Bonchev–Trinajstić information content (AvgIpc) is 2.41. The molecule has 0 bridgehead atoms. The van der Waals surface area contributed by atoms with E-state index in [4.69, 9.17) is 11.6 Å². The first-order valence-corrected chi connectivity index (χ1v) is 7.64. The van der Waals surface area contributed by atoms with Gasteiger partial charge in [0.1, 0.15) is 5.82 Å². The highest BCUT2D eigenvalue weighted by atomic mass is 79.9. The summed E-state index contributed by atoms with van der Waals surface area (Å²) in [6.07, 6.45) is 0.888. The van der Waals surface area contributed by atoms with Crippen molar-refractivity contribution in [3.05, 3.63) is 68.9 Å². The molecule has 2 aromatic carbocycles. The number of nitrogens with one attached hydrogen (secondary N) is 1. The Hall–Kier alpha value is -0.900. The van der Waals surface area contributed by atoms with Crippen molar-refractivity contribution in [1.29, 1.82) is 0 Å². The molecule has 2 rings (SSSR count). The summed E-state index contributed by atoms with van der Waals surface area (Å²) in [5, 5.41) is 3.77. The van der Waals surface area contributed by atoms with Crippen molar-refractivity contribution in [2.75, 3.05) is 0 Å². The molecule has 0 amide bonds. The Kier molecular flexibility index (Phi) is 5.58. The van der Waals surface area contributed by atoms with Gasteiger partial charge in [0.15, 0.2) is 0 Å². The van der Waals surface area contributed by atoms with E-state index in [0.29, 0.717) is 17.1 Å². The van der Waals surface area contributed by atoms with Gasteiger partial charge in [-0.1, -0.05) is 45.7 Å². The third-order valence-corrected chi connectivity index (χ3v) is 4.03. The van der Waals surface area contributed by atoms with Gasteiger partial charge in [0, 0.05) is 27.6 Å². The minimum Gasteiger partial charge on any atom is -0.310 e. The molecule has 106 valence electrons. The van der Waals surface area contributed by atoms with Crippen LogP contribution in [0.3, 0.4) is 0 Å². The predicted octanol–water partition coefficient (Wildman–Crippen LogP) is 4.96. The number of halogens is 3. The first-order valence-electron chi connectivity index (χ1n) is 6.47. The molecule has 2 aromatic rings. The molecule has 0 radical (unpaired) electrons. The first kappa shape index (κ1) is 15.5. The Labute approximate surface area is 132 Å². The smallest absolute Gasteiger partial charge is 0.129 e. The summed E-state index contributed by atoms with van der Waals surface area (Å²) in [7, 11) is 0. The van der Waals surface area contributed by atoms with Crippen molar-refractivity contribution in [2.45, 2.75) is 25.9 Å². The molecule has 0 saturated carbocycles. The lowest BCUT2D eigenvalue weighted by molar-refractivity contribution is 0.525. The highest BCUT2D eigenvalue weighted by Gasteiger charge is 2.09. The maximum absolute atomic E-state index is 13.6. The standard InChI is InChI=1S/C16H16BrClFN/c1-11(9-12-5-7-13(17)8-6-12)20-10-14-15(18)3-2-4-16(14)19/h2-8,11,20H,9-10H2,1H3. The molecule has 1 atom stereocenters. The second-order valence-corrected chi connectivity index (χ2v) is 6.14. The van der Waals surface area contributed by atoms with Crippen LogP contribution in [0.15, 0.2) is 46.9 Å². The van der Waals surface area contributed by atoms with Gasteiger partial charge in [0.2, 0.25) is 0 Å². The van der Waals surface area contributed by atoms with Crippen LogP contribution in [0.25, 0.3) is 0 Å². The number of hydrogen-bond acceptors (Lipinski definition) is 1. The molecular formula is C16H16BrClFN. The van der Waals surface area contributed by atoms with Crippen molar-refractivity contribution in [2.24, 2.45) is 0 Å². The Morgan fingerprint density at radius 1 is 1.20 bits per heavy atom. The molecule has 1 nitrogen and oxygen atoms in total. The third-order valence-electron chi connectivity index (χ3n) is 3.14. The van der Waals surface area contributed by atoms with Gasteiger partial charge < -0.3 is 5.32 Å². The highest BCUT2D eigenvalue weighted by Crippen LogP contribution is 2.19. The van der Waals surface area contributed by atoms with E-state index in [-0.39, 0.29) is 11.9 Å². The van der Waals surface area contributed by atoms with Gasteiger partial charge in [-0.2, -0.15) is 0 Å². The second-order valence-electron chi connectivity index (χ2n) is 4.81. The minimum absolute atomic E-state index is 0.242. The van der Waals surface area contributed by atoms with Gasteiger partial charge in [0.25, 0.3) is 0 Å². The van der Waals surface area contributed by atoms with E-state index in [1.165, 1.54) is 11.6 Å². The van der Waals surface area contributed by atoms with E-state index >= 15 is 0 Å². The van der Waals surface area contributed by atoms with E-state index in [1.807, 2.05) is 12.1 Å². The molecule has 1 unspecified atom stereocenters. The fraction of sp³-hybridized carbons (Fsp3) is 0.250. The van der Waals surface area contributed by atoms with Crippen LogP contribution in [-0.4, -0.2) is 6.04 Å². The maximum atomic E-state index is 13.6. The van der Waals surface area contributed by atoms with Crippen LogP contribution in [0, 0.1) is 5.82 Å². The second kappa shape index (κ2) is 7.21. The molecule has 0 saturated heterocycles. The lowest BCUT2D eigenvalue weighted by Gasteiger charge is -2.15. The first-order chi connectivity index (χ1) is 9.56. The maximum Gasteiger partial charge on any atom is 0.129 e. The zero-order valence-corrected chi connectivity index (χ0v) is 13.5. The van der Waals surface area contributed by atoms with E-state index < -0.39 is 0 Å². The monoisotopic (exact) mass is 355 g/mol. The van der Waals surface area contributed by atoms with Crippen LogP contribution in [-0.2, 0) is 13.0 Å². The predicted molar refractivity (Wildman–Crippen MR) is 85.6 cm³/mol. The summed E-state index contributed by atoms with van der Waals surface area (Å²) >= 11 is 9.42. The molecule has 0 fully saturated rings. The van der Waals surface area contributed by atoms with Gasteiger partial charge in [-0.25, -0.2) is 4.39 Å². The molecule has 0 heterocycles. The van der Waals surface area contributed by atoms with Crippen molar-refractivity contribution in [1.82, 2.24) is 5.32 Å². The summed E-state index contributed by atoms with van der Waals surface area (Å²) in [6, 6.07) is 13.2. The highest BCUT2D eigenvalue weighted by molar-refractivity contribution is 9.10. The summed E-state index contributed by atoms with van der Waals surface area (Å²) in [5.41, 5.74) is 1.77. The molecule has 0 aliphatic heterocycles. The lowest BCUT2D eigenvalue weighted by atomic mass is 10.1. The quantitative estimate of drug-likeness (QED) is 0.798. The Bertz CT molecular complexity index is 551. The van der Waals surface area contributed by atoms with Crippen LogP contribution in [0.4, 0.5) is 4.39 Å². The zero-order valence-electron chi connectivity index (χ0n) is 11.2. The SMILES string of the molecule is CC(Cc1ccc(Br)cc1)NCc1c(F)cccc1Cl. The lowest BCUT2D eigenvalue weighted by Crippen LogP contribution is -2.28. The molecule has 20 heavy (non-hydrogen) atoms. The van der Waals surface area contributed by atoms with Gasteiger partial charge in [-0.3, -0.25) is 0 Å². The fourth-order valence-electron chi connectivity index (χ4n) is 2.02. The molecule has 0 aromatic heterocycles. The summed E-state index contributed by atoms with van der Waals surface area (Å²) in [6.45, 7) is 2.51. The topological polar surface area (TPSA) is 12.0 Å². The number of benzene rings is 2. The van der Waals surface area contributed by atoms with Crippen molar-refractivity contribution in [3.63, 3.8) is 0 Å². The average molecular weight is 357 g/mol. The fourth-order valence-corrected chi connectivity index (χ4v) is 2.52. The number of hydrogen-bond donors (Lipinski definition) is 1. The molecule has 0 spiro atoms. The van der Waals surface area contributed by atoms with Crippen LogP contribution in [0.1, 0.15) is 18.1 Å². The molecule has 0 aliphatic carbocycles. The van der Waals surface area contributed by atoms with Crippen LogP contribution in [0.2, 0.25) is 5.02 Å². The summed E-state index contributed by atoms with van der Waals surface area (Å²) < 4.78 is 14.7. The zero-order chi connectivity index (χ0) is 14.5. The Morgan fingerprint density at radius 3 is 2.55 bits per heavy atom. The van der Waals surface area contributed by atoms with Gasteiger partial charge in [-0.05, 0) is 43.2 Å².